The fraction of sp³-hybridized carbons (Fsp3) is 0.364. The Kier molecular flexibility index (Phi) is 7.80. The fourth-order valence-corrected chi connectivity index (χ4v) is 3.32. The number of fused-ring (bicyclic) bond motifs is 1. The van der Waals surface area contributed by atoms with Gasteiger partial charge < -0.3 is 30.3 Å². The molecular formula is C22H28N6O5. The first kappa shape index (κ1) is 24.0. The zero-order valence-corrected chi connectivity index (χ0v) is 18.6. The molecule has 11 nitrogen and oxygen atoms in total. The lowest BCUT2D eigenvalue weighted by Gasteiger charge is -2.12. The number of hydrogen-bond donors (Lipinski definition) is 4. The summed E-state index contributed by atoms with van der Waals surface area (Å²) in [6.45, 7) is 4.39. The van der Waals surface area contributed by atoms with Crippen LogP contribution < -0.4 is 21.5 Å². The summed E-state index contributed by atoms with van der Waals surface area (Å²) in [5, 5.41) is 11.9. The number of benzene rings is 1. The quantitative estimate of drug-likeness (QED) is 0.248. The van der Waals surface area contributed by atoms with Crippen molar-refractivity contribution in [3.63, 3.8) is 0 Å². The molecule has 2 heterocycles. The van der Waals surface area contributed by atoms with Gasteiger partial charge in [-0.3, -0.25) is 14.9 Å². The van der Waals surface area contributed by atoms with Gasteiger partial charge in [0.05, 0.1) is 17.8 Å². The minimum atomic E-state index is -0.642. The van der Waals surface area contributed by atoms with Gasteiger partial charge in [0.15, 0.2) is 5.89 Å². The van der Waals surface area contributed by atoms with Crippen LogP contribution in [0.5, 0.6) is 5.75 Å². The molecule has 0 saturated heterocycles. The molecule has 3 aromatic rings. The summed E-state index contributed by atoms with van der Waals surface area (Å²) in [6.07, 6.45) is 4.53. The van der Waals surface area contributed by atoms with Crippen molar-refractivity contribution in [1.29, 1.82) is 0 Å². The Bertz CT molecular complexity index is 1180. The number of ether oxygens (including phenoxy) is 1. The largest absolute Gasteiger partial charge is 0.491 e. The van der Waals surface area contributed by atoms with E-state index in [2.05, 4.69) is 15.3 Å². The highest BCUT2D eigenvalue weighted by atomic mass is 16.5. The number of oxazole rings is 1. The zero-order chi connectivity index (χ0) is 24.0. The number of nitrogens with zero attached hydrogens (tertiary/aromatic N) is 3. The van der Waals surface area contributed by atoms with E-state index in [1.54, 1.807) is 17.6 Å². The van der Waals surface area contributed by atoms with E-state index < -0.39 is 11.8 Å². The van der Waals surface area contributed by atoms with Crippen LogP contribution in [0.1, 0.15) is 45.8 Å². The Morgan fingerprint density at radius 1 is 1.30 bits per heavy atom. The van der Waals surface area contributed by atoms with Gasteiger partial charge in [0.25, 0.3) is 5.91 Å². The highest BCUT2D eigenvalue weighted by Crippen LogP contribution is 2.31. The predicted molar refractivity (Wildman–Crippen MR) is 122 cm³/mol. The number of imidazole rings is 1. The number of nitrogens with one attached hydrogen (secondary N) is 1. The van der Waals surface area contributed by atoms with Crippen molar-refractivity contribution in [2.45, 2.75) is 33.2 Å². The van der Waals surface area contributed by atoms with Crippen LogP contribution in [0.2, 0.25) is 0 Å². The molecule has 0 bridgehead atoms. The van der Waals surface area contributed by atoms with Gasteiger partial charge in [0, 0.05) is 38.6 Å². The summed E-state index contributed by atoms with van der Waals surface area (Å²) < 4.78 is 13.0. The lowest BCUT2D eigenvalue weighted by Crippen LogP contribution is -2.17. The van der Waals surface area contributed by atoms with Crippen LogP contribution in [0.15, 0.2) is 28.7 Å². The van der Waals surface area contributed by atoms with E-state index in [4.69, 9.17) is 25.7 Å². The SMILES string of the molecule is CCc1nc(C)oc1C(=O)Nc1nc2cc(C(N)=O)cc(OCCCO)c2n1C/C=C/CN. The lowest BCUT2D eigenvalue weighted by atomic mass is 10.1. The molecule has 33 heavy (non-hydrogen) atoms. The molecule has 1 aromatic carbocycles. The molecule has 0 spiro atoms. The Labute approximate surface area is 190 Å². The molecule has 0 fully saturated rings. The molecule has 11 heteroatoms. The number of aliphatic hydroxyl groups is 1. The number of primary amides is 1. The fourth-order valence-electron chi connectivity index (χ4n) is 3.32. The van der Waals surface area contributed by atoms with Crippen LogP contribution in [0.3, 0.4) is 0 Å². The Balaban J connectivity index is 2.11. The molecule has 2 aromatic heterocycles. The molecule has 0 aliphatic rings. The molecule has 3 rings (SSSR count). The van der Waals surface area contributed by atoms with Crippen molar-refractivity contribution in [3.8, 4) is 5.75 Å². The van der Waals surface area contributed by atoms with E-state index in [0.29, 0.717) is 54.3 Å². The number of aromatic nitrogens is 3. The Morgan fingerprint density at radius 3 is 2.76 bits per heavy atom. The summed E-state index contributed by atoms with van der Waals surface area (Å²) >= 11 is 0. The Morgan fingerprint density at radius 2 is 2.09 bits per heavy atom. The summed E-state index contributed by atoms with van der Waals surface area (Å²) in [4.78, 5) is 33.6. The van der Waals surface area contributed by atoms with Crippen LogP contribution in [0.25, 0.3) is 11.0 Å². The first-order valence-corrected chi connectivity index (χ1v) is 10.6. The number of hydrogen-bond acceptors (Lipinski definition) is 8. The number of amides is 2. The van der Waals surface area contributed by atoms with Gasteiger partial charge >= 0.3 is 0 Å². The van der Waals surface area contributed by atoms with Crippen molar-refractivity contribution >= 4 is 28.8 Å². The van der Waals surface area contributed by atoms with Crippen molar-refractivity contribution in [1.82, 2.24) is 14.5 Å². The summed E-state index contributed by atoms with van der Waals surface area (Å²) in [7, 11) is 0. The van der Waals surface area contributed by atoms with Crippen molar-refractivity contribution < 1.29 is 23.8 Å². The summed E-state index contributed by atoms with van der Waals surface area (Å²) in [5.74, 6) is -0.0538. The highest BCUT2D eigenvalue weighted by Gasteiger charge is 2.23. The van der Waals surface area contributed by atoms with Crippen LogP contribution >= 0.6 is 0 Å². The molecule has 6 N–H and O–H groups in total. The van der Waals surface area contributed by atoms with Crippen LogP contribution in [-0.2, 0) is 13.0 Å². The predicted octanol–water partition coefficient (Wildman–Crippen LogP) is 1.52. The maximum absolute atomic E-state index is 13.0. The second kappa shape index (κ2) is 10.7. The third-order valence-corrected chi connectivity index (χ3v) is 4.81. The first-order valence-electron chi connectivity index (χ1n) is 10.6. The van der Waals surface area contributed by atoms with E-state index >= 15 is 0 Å². The van der Waals surface area contributed by atoms with Crippen LogP contribution in [0.4, 0.5) is 5.95 Å². The van der Waals surface area contributed by atoms with Gasteiger partial charge in [-0.1, -0.05) is 19.1 Å². The number of allylic oxidation sites excluding steroid dienone is 1. The number of aliphatic hydroxyl groups excluding tert-OH is 1. The van der Waals surface area contributed by atoms with Crippen molar-refractivity contribution in [2.75, 3.05) is 25.1 Å². The average Bonchev–Trinajstić information content (AvgIpc) is 3.33. The van der Waals surface area contributed by atoms with Gasteiger partial charge in [-0.05, 0) is 18.6 Å². The molecule has 176 valence electrons. The smallest absolute Gasteiger partial charge is 0.295 e. The monoisotopic (exact) mass is 456 g/mol. The first-order chi connectivity index (χ1) is 15.9. The van der Waals surface area contributed by atoms with E-state index in [9.17, 15) is 9.59 Å². The second-order valence-corrected chi connectivity index (χ2v) is 7.20. The third kappa shape index (κ3) is 5.38. The minimum Gasteiger partial charge on any atom is -0.491 e. The van der Waals surface area contributed by atoms with Crippen LogP contribution in [-0.4, -0.2) is 51.2 Å². The molecule has 0 unspecified atom stereocenters. The number of carbonyl (C=O) groups excluding carboxylic acids is 2. The van der Waals surface area contributed by atoms with E-state index in [0.717, 1.165) is 0 Å². The molecular weight excluding hydrogens is 428 g/mol. The van der Waals surface area contributed by atoms with E-state index in [1.807, 2.05) is 13.0 Å². The van der Waals surface area contributed by atoms with Gasteiger partial charge in [-0.25, -0.2) is 9.97 Å². The molecule has 0 atom stereocenters. The maximum atomic E-state index is 13.0. The number of carbonyl (C=O) groups is 2. The van der Waals surface area contributed by atoms with Gasteiger partial charge in [-0.15, -0.1) is 0 Å². The van der Waals surface area contributed by atoms with Gasteiger partial charge in [0.1, 0.15) is 11.3 Å². The molecule has 0 radical (unpaired) electrons. The van der Waals surface area contributed by atoms with E-state index in [1.165, 1.54) is 12.1 Å². The average molecular weight is 457 g/mol. The summed E-state index contributed by atoms with van der Waals surface area (Å²) in [5.41, 5.74) is 12.8. The Hall–Kier alpha value is -3.70. The van der Waals surface area contributed by atoms with Crippen LogP contribution in [0, 0.1) is 6.92 Å². The van der Waals surface area contributed by atoms with Gasteiger partial charge in [-0.2, -0.15) is 0 Å². The zero-order valence-electron chi connectivity index (χ0n) is 18.6. The number of aryl methyl sites for hydroxylation is 2. The minimum absolute atomic E-state index is 0.0468. The lowest BCUT2D eigenvalue weighted by molar-refractivity contribution is 0.0988. The highest BCUT2D eigenvalue weighted by molar-refractivity contribution is 6.04. The maximum Gasteiger partial charge on any atom is 0.295 e. The topological polar surface area (TPSA) is 172 Å². The molecule has 0 aliphatic heterocycles. The second-order valence-electron chi connectivity index (χ2n) is 7.20. The third-order valence-electron chi connectivity index (χ3n) is 4.81. The van der Waals surface area contributed by atoms with Crippen molar-refractivity contribution in [3.05, 3.63) is 47.2 Å². The summed E-state index contributed by atoms with van der Waals surface area (Å²) in [6, 6.07) is 3.05. The van der Waals surface area contributed by atoms with Gasteiger partial charge in [0.2, 0.25) is 17.6 Å². The van der Waals surface area contributed by atoms with E-state index in [-0.39, 0.29) is 30.5 Å². The normalized spacial score (nSPS) is 11.4. The number of nitrogens with two attached hydrogens (primary N) is 2. The van der Waals surface area contributed by atoms with Crippen molar-refractivity contribution in [2.24, 2.45) is 11.5 Å². The standard InChI is InChI=1S/C22H28N6O5/c1-3-15-19(33-13(2)25-15)21(31)27-22-26-16-11-14(20(24)30)12-17(32-10-6-9-29)18(16)28(22)8-5-4-7-23/h4-5,11-12,29H,3,6-10,23H2,1-2H3,(H2,24,30)(H,26,27,31)/b5-4+. The molecule has 2 amide bonds. The number of anilines is 1. The number of rotatable bonds is 11. The molecule has 0 saturated carbocycles. The molecule has 0 aliphatic carbocycles.